The number of benzene rings is 3. The van der Waals surface area contributed by atoms with Gasteiger partial charge in [-0.3, -0.25) is 4.79 Å². The third-order valence-electron chi connectivity index (χ3n) is 4.03. The van der Waals surface area contributed by atoms with Gasteiger partial charge in [-0.15, -0.1) is 0 Å². The van der Waals surface area contributed by atoms with Gasteiger partial charge in [-0.25, -0.2) is 10.2 Å². The van der Waals surface area contributed by atoms with Crippen LogP contribution in [0.15, 0.2) is 82.4 Å². The Morgan fingerprint density at radius 2 is 1.74 bits per heavy atom. The van der Waals surface area contributed by atoms with E-state index in [-0.39, 0.29) is 0 Å². The number of hydrazone groups is 1. The second kappa shape index (κ2) is 10.7. The maximum Gasteiger partial charge on any atom is 0.343 e. The summed E-state index contributed by atoms with van der Waals surface area (Å²) in [5, 5.41) is 4.47. The molecule has 0 radical (unpaired) electrons. The summed E-state index contributed by atoms with van der Waals surface area (Å²) >= 11 is 9.17. The molecule has 0 aliphatic carbocycles. The van der Waals surface area contributed by atoms with Crippen molar-refractivity contribution in [3.8, 4) is 11.5 Å². The SMILES string of the molecule is C[C@@H](Oc1ccc(Br)cc1)C(=O)N/N=C\c1cccc(OC(=O)c2ccc(Cl)cc2)c1. The molecule has 3 aromatic carbocycles. The van der Waals surface area contributed by atoms with Crippen LogP contribution in [0.1, 0.15) is 22.8 Å². The first-order valence-electron chi connectivity index (χ1n) is 9.23. The molecule has 0 heterocycles. The zero-order chi connectivity index (χ0) is 22.2. The third-order valence-corrected chi connectivity index (χ3v) is 4.81. The Morgan fingerprint density at radius 3 is 2.45 bits per heavy atom. The lowest BCUT2D eigenvalue weighted by Gasteiger charge is -2.12. The fraction of sp³-hybridized carbons (Fsp3) is 0.0870. The molecule has 0 aliphatic heterocycles. The summed E-state index contributed by atoms with van der Waals surface area (Å²) in [7, 11) is 0. The molecule has 158 valence electrons. The summed E-state index contributed by atoms with van der Waals surface area (Å²) in [6.45, 7) is 1.63. The van der Waals surface area contributed by atoms with Crippen LogP contribution in [0.4, 0.5) is 0 Å². The second-order valence-electron chi connectivity index (χ2n) is 6.42. The molecule has 1 N–H and O–H groups in total. The Hall–Kier alpha value is -3.16. The van der Waals surface area contributed by atoms with Gasteiger partial charge in [0.1, 0.15) is 11.5 Å². The van der Waals surface area contributed by atoms with E-state index >= 15 is 0 Å². The summed E-state index contributed by atoms with van der Waals surface area (Å²) in [4.78, 5) is 24.4. The van der Waals surface area contributed by atoms with Crippen LogP contribution in [0, 0.1) is 0 Å². The summed E-state index contributed by atoms with van der Waals surface area (Å²) in [5.41, 5.74) is 3.46. The highest BCUT2D eigenvalue weighted by atomic mass is 79.9. The second-order valence-corrected chi connectivity index (χ2v) is 7.77. The highest BCUT2D eigenvalue weighted by Crippen LogP contribution is 2.18. The Morgan fingerprint density at radius 1 is 1.03 bits per heavy atom. The molecule has 3 aromatic rings. The Balaban J connectivity index is 1.54. The van der Waals surface area contributed by atoms with Crippen LogP contribution in [-0.4, -0.2) is 24.2 Å². The summed E-state index contributed by atoms with van der Waals surface area (Å²) in [6.07, 6.45) is 0.717. The quantitative estimate of drug-likeness (QED) is 0.208. The van der Waals surface area contributed by atoms with Gasteiger partial charge in [0, 0.05) is 9.50 Å². The predicted octanol–water partition coefficient (Wildman–Crippen LogP) is 5.24. The maximum absolute atomic E-state index is 12.2. The highest BCUT2D eigenvalue weighted by molar-refractivity contribution is 9.10. The summed E-state index contributed by atoms with van der Waals surface area (Å²) in [5.74, 6) is 0.0228. The van der Waals surface area contributed by atoms with E-state index in [0.717, 1.165) is 4.47 Å². The topological polar surface area (TPSA) is 77.0 Å². The maximum atomic E-state index is 12.2. The molecule has 1 amide bonds. The van der Waals surface area contributed by atoms with Crippen molar-refractivity contribution in [2.75, 3.05) is 0 Å². The van der Waals surface area contributed by atoms with E-state index in [1.165, 1.54) is 6.21 Å². The van der Waals surface area contributed by atoms with Crippen molar-refractivity contribution in [2.45, 2.75) is 13.0 Å². The fourth-order valence-corrected chi connectivity index (χ4v) is 2.83. The molecule has 3 rings (SSSR count). The van der Waals surface area contributed by atoms with Crippen LogP contribution in [0.5, 0.6) is 11.5 Å². The number of amides is 1. The Kier molecular flexibility index (Phi) is 7.81. The molecule has 0 bridgehead atoms. The van der Waals surface area contributed by atoms with Gasteiger partial charge in [0.2, 0.25) is 0 Å². The lowest BCUT2D eigenvalue weighted by atomic mass is 10.2. The van der Waals surface area contributed by atoms with Crippen molar-refractivity contribution in [3.63, 3.8) is 0 Å². The van der Waals surface area contributed by atoms with Crippen molar-refractivity contribution in [2.24, 2.45) is 5.10 Å². The van der Waals surface area contributed by atoms with Gasteiger partial charge in [-0.05, 0) is 73.2 Å². The lowest BCUT2D eigenvalue weighted by molar-refractivity contribution is -0.127. The highest BCUT2D eigenvalue weighted by Gasteiger charge is 2.14. The molecule has 0 fully saturated rings. The van der Waals surface area contributed by atoms with Gasteiger partial charge in [-0.1, -0.05) is 39.7 Å². The number of nitrogens with one attached hydrogen (secondary N) is 1. The minimum atomic E-state index is -0.731. The van der Waals surface area contributed by atoms with E-state index in [9.17, 15) is 9.59 Å². The van der Waals surface area contributed by atoms with Gasteiger partial charge < -0.3 is 9.47 Å². The number of hydrogen-bond donors (Lipinski definition) is 1. The molecular formula is C23H18BrClN2O4. The summed E-state index contributed by atoms with van der Waals surface area (Å²) in [6, 6.07) is 20.3. The van der Waals surface area contributed by atoms with E-state index in [0.29, 0.717) is 27.6 Å². The number of carbonyl (C=O) groups is 2. The molecule has 0 saturated heterocycles. The van der Waals surface area contributed by atoms with Crippen molar-refractivity contribution >= 4 is 45.6 Å². The Bertz CT molecular complexity index is 1090. The molecule has 6 nitrogen and oxygen atoms in total. The van der Waals surface area contributed by atoms with Gasteiger partial charge in [-0.2, -0.15) is 5.10 Å². The number of ether oxygens (including phenoxy) is 2. The van der Waals surface area contributed by atoms with Crippen LogP contribution in [0.3, 0.4) is 0 Å². The van der Waals surface area contributed by atoms with Gasteiger partial charge in [0.05, 0.1) is 11.8 Å². The van der Waals surface area contributed by atoms with Gasteiger partial charge in [0.15, 0.2) is 6.10 Å². The van der Waals surface area contributed by atoms with E-state index in [1.807, 2.05) is 12.1 Å². The van der Waals surface area contributed by atoms with Crippen LogP contribution in [0.25, 0.3) is 0 Å². The summed E-state index contributed by atoms with van der Waals surface area (Å²) < 4.78 is 11.9. The lowest BCUT2D eigenvalue weighted by Crippen LogP contribution is -2.33. The molecule has 0 saturated carbocycles. The molecule has 31 heavy (non-hydrogen) atoms. The first-order chi connectivity index (χ1) is 14.9. The van der Waals surface area contributed by atoms with Crippen LogP contribution >= 0.6 is 27.5 Å². The molecule has 8 heteroatoms. The molecular weight excluding hydrogens is 484 g/mol. The Labute approximate surface area is 193 Å². The molecule has 0 aliphatic rings. The minimum absolute atomic E-state index is 0.349. The molecule has 1 atom stereocenters. The van der Waals surface area contributed by atoms with E-state index < -0.39 is 18.0 Å². The van der Waals surface area contributed by atoms with Crippen molar-refractivity contribution in [1.82, 2.24) is 5.43 Å². The molecule has 0 unspecified atom stereocenters. The number of hydrogen-bond acceptors (Lipinski definition) is 5. The zero-order valence-electron chi connectivity index (χ0n) is 16.4. The third kappa shape index (κ3) is 6.94. The van der Waals surface area contributed by atoms with Crippen molar-refractivity contribution in [1.29, 1.82) is 0 Å². The van der Waals surface area contributed by atoms with Gasteiger partial charge >= 0.3 is 5.97 Å². The number of halogens is 2. The number of esters is 1. The average molecular weight is 502 g/mol. The standard InChI is InChI=1S/C23H18BrClN2O4/c1-15(30-20-11-7-18(24)8-12-20)22(28)27-26-14-16-3-2-4-21(13-16)31-23(29)17-5-9-19(25)10-6-17/h2-15H,1H3,(H,27,28)/b26-14-/t15-/m1/s1. The minimum Gasteiger partial charge on any atom is -0.481 e. The predicted molar refractivity (Wildman–Crippen MR) is 123 cm³/mol. The number of carbonyl (C=O) groups excluding carboxylic acids is 2. The smallest absolute Gasteiger partial charge is 0.343 e. The van der Waals surface area contributed by atoms with E-state index in [1.54, 1.807) is 67.6 Å². The molecule has 0 aromatic heterocycles. The first kappa shape index (κ1) is 22.5. The van der Waals surface area contributed by atoms with Crippen LogP contribution < -0.4 is 14.9 Å². The fourth-order valence-electron chi connectivity index (χ4n) is 2.44. The largest absolute Gasteiger partial charge is 0.481 e. The first-order valence-corrected chi connectivity index (χ1v) is 10.4. The normalized spacial score (nSPS) is 11.7. The van der Waals surface area contributed by atoms with E-state index in [4.69, 9.17) is 21.1 Å². The average Bonchev–Trinajstić information content (AvgIpc) is 2.76. The van der Waals surface area contributed by atoms with Crippen LogP contribution in [0.2, 0.25) is 5.02 Å². The number of nitrogens with zero attached hydrogens (tertiary/aromatic N) is 1. The molecule has 0 spiro atoms. The van der Waals surface area contributed by atoms with Crippen molar-refractivity contribution in [3.05, 3.63) is 93.4 Å². The monoisotopic (exact) mass is 500 g/mol. The zero-order valence-corrected chi connectivity index (χ0v) is 18.8. The van der Waals surface area contributed by atoms with Crippen LogP contribution in [-0.2, 0) is 4.79 Å². The van der Waals surface area contributed by atoms with Gasteiger partial charge in [0.25, 0.3) is 5.91 Å². The van der Waals surface area contributed by atoms with Crippen molar-refractivity contribution < 1.29 is 19.1 Å². The number of rotatable bonds is 7. The van der Waals surface area contributed by atoms with E-state index in [2.05, 4.69) is 26.5 Å².